The van der Waals surface area contributed by atoms with E-state index in [0.717, 1.165) is 10.9 Å². The van der Waals surface area contributed by atoms with Crippen LogP contribution in [0.25, 0.3) is 10.9 Å². The van der Waals surface area contributed by atoms with Crippen LogP contribution in [0.3, 0.4) is 0 Å². The summed E-state index contributed by atoms with van der Waals surface area (Å²) < 4.78 is 6.90. The van der Waals surface area contributed by atoms with Crippen molar-refractivity contribution in [1.82, 2.24) is 14.9 Å². The monoisotopic (exact) mass is 298 g/mol. The molecule has 6 heteroatoms. The van der Waals surface area contributed by atoms with Gasteiger partial charge in [-0.15, -0.1) is 0 Å². The smallest absolute Gasteiger partial charge is 0.274 e. The molecule has 0 radical (unpaired) electrons. The molecule has 0 fully saturated rings. The zero-order chi connectivity index (χ0) is 15.9. The van der Waals surface area contributed by atoms with Gasteiger partial charge in [-0.2, -0.15) is 5.10 Å². The first-order chi connectivity index (χ1) is 10.5. The predicted octanol–water partition coefficient (Wildman–Crippen LogP) is 3.25. The molecule has 3 rings (SSSR count). The van der Waals surface area contributed by atoms with Gasteiger partial charge in [0.2, 0.25) is 0 Å². The van der Waals surface area contributed by atoms with Crippen molar-refractivity contribution in [2.45, 2.75) is 26.7 Å². The minimum Gasteiger partial charge on any atom is -0.359 e. The van der Waals surface area contributed by atoms with Gasteiger partial charge in [-0.3, -0.25) is 9.48 Å². The van der Waals surface area contributed by atoms with Gasteiger partial charge in [0.05, 0.1) is 5.52 Å². The van der Waals surface area contributed by atoms with E-state index in [-0.39, 0.29) is 11.8 Å². The molecule has 2 heterocycles. The summed E-state index contributed by atoms with van der Waals surface area (Å²) in [5.74, 6) is 0.599. The van der Waals surface area contributed by atoms with Crippen molar-refractivity contribution in [3.8, 4) is 0 Å². The molecule has 114 valence electrons. The van der Waals surface area contributed by atoms with E-state index in [1.165, 1.54) is 0 Å². The fraction of sp³-hybridized carbons (Fsp3) is 0.312. The average molecular weight is 298 g/mol. The van der Waals surface area contributed by atoms with Crippen molar-refractivity contribution >= 4 is 22.5 Å². The lowest BCUT2D eigenvalue weighted by molar-refractivity contribution is 0.101. The fourth-order valence-electron chi connectivity index (χ4n) is 2.52. The molecule has 0 aliphatic carbocycles. The zero-order valence-corrected chi connectivity index (χ0v) is 13.0. The third-order valence-electron chi connectivity index (χ3n) is 3.61. The molecule has 0 spiro atoms. The fourth-order valence-corrected chi connectivity index (χ4v) is 2.52. The van der Waals surface area contributed by atoms with E-state index >= 15 is 0 Å². The Morgan fingerprint density at radius 2 is 2.05 bits per heavy atom. The largest absolute Gasteiger partial charge is 0.359 e. The number of aromatic nitrogens is 3. The standard InChI is InChI=1S/C16H18N4O2/c1-9(2)15-13(10(3)19-22-15)17-16(21)14-11-7-5-6-8-12(11)18-20(14)4/h5-9H,1-4H3,(H,17,21). The summed E-state index contributed by atoms with van der Waals surface area (Å²) in [7, 11) is 1.76. The predicted molar refractivity (Wildman–Crippen MR) is 84.0 cm³/mol. The molecule has 22 heavy (non-hydrogen) atoms. The van der Waals surface area contributed by atoms with Crippen LogP contribution in [-0.2, 0) is 7.05 Å². The number of carbonyl (C=O) groups is 1. The molecule has 1 amide bonds. The number of hydrogen-bond acceptors (Lipinski definition) is 4. The average Bonchev–Trinajstić information content (AvgIpc) is 2.99. The summed E-state index contributed by atoms with van der Waals surface area (Å²) in [6.45, 7) is 5.80. The van der Waals surface area contributed by atoms with Gasteiger partial charge in [0.25, 0.3) is 5.91 Å². The SMILES string of the molecule is Cc1noc(C(C)C)c1NC(=O)c1c2ccccc2nn1C. The normalized spacial score (nSPS) is 11.3. The summed E-state index contributed by atoms with van der Waals surface area (Å²) in [5, 5.41) is 12.0. The van der Waals surface area contributed by atoms with Gasteiger partial charge in [0, 0.05) is 18.4 Å². The number of nitrogens with zero attached hydrogens (tertiary/aromatic N) is 3. The molecular weight excluding hydrogens is 280 g/mol. The molecule has 0 bridgehead atoms. The van der Waals surface area contributed by atoms with Crippen LogP contribution in [-0.4, -0.2) is 20.8 Å². The van der Waals surface area contributed by atoms with Crippen molar-refractivity contribution in [3.63, 3.8) is 0 Å². The van der Waals surface area contributed by atoms with Gasteiger partial charge in [0.15, 0.2) is 5.76 Å². The zero-order valence-electron chi connectivity index (χ0n) is 13.0. The topological polar surface area (TPSA) is 73.0 Å². The number of rotatable bonds is 3. The van der Waals surface area contributed by atoms with E-state index in [2.05, 4.69) is 15.6 Å². The van der Waals surface area contributed by atoms with E-state index in [9.17, 15) is 4.79 Å². The highest BCUT2D eigenvalue weighted by molar-refractivity contribution is 6.11. The molecule has 1 aromatic carbocycles. The van der Waals surface area contributed by atoms with E-state index in [0.29, 0.717) is 22.8 Å². The molecule has 3 aromatic rings. The maximum absolute atomic E-state index is 12.7. The Kier molecular flexibility index (Phi) is 3.44. The first-order valence-corrected chi connectivity index (χ1v) is 7.18. The number of hydrogen-bond donors (Lipinski definition) is 1. The molecular formula is C16H18N4O2. The molecule has 0 saturated carbocycles. The van der Waals surface area contributed by atoms with E-state index in [1.54, 1.807) is 11.7 Å². The summed E-state index contributed by atoms with van der Waals surface area (Å²) in [5.41, 5.74) is 2.63. The molecule has 0 aliphatic rings. The van der Waals surface area contributed by atoms with Gasteiger partial charge in [0.1, 0.15) is 17.1 Å². The van der Waals surface area contributed by atoms with Crippen LogP contribution in [0.5, 0.6) is 0 Å². The van der Waals surface area contributed by atoms with Gasteiger partial charge in [-0.1, -0.05) is 37.2 Å². The van der Waals surface area contributed by atoms with Crippen LogP contribution in [0, 0.1) is 6.92 Å². The highest BCUT2D eigenvalue weighted by Crippen LogP contribution is 2.28. The second kappa shape index (κ2) is 5.29. The lowest BCUT2D eigenvalue weighted by atomic mass is 10.1. The van der Waals surface area contributed by atoms with Crippen LogP contribution < -0.4 is 5.32 Å². The highest BCUT2D eigenvalue weighted by atomic mass is 16.5. The second-order valence-corrected chi connectivity index (χ2v) is 5.61. The molecule has 2 aromatic heterocycles. The molecule has 0 saturated heterocycles. The van der Waals surface area contributed by atoms with E-state index < -0.39 is 0 Å². The van der Waals surface area contributed by atoms with Crippen molar-refractivity contribution < 1.29 is 9.32 Å². The number of aryl methyl sites for hydroxylation is 2. The van der Waals surface area contributed by atoms with Gasteiger partial charge in [-0.25, -0.2) is 0 Å². The van der Waals surface area contributed by atoms with Crippen LogP contribution >= 0.6 is 0 Å². The van der Waals surface area contributed by atoms with Gasteiger partial charge >= 0.3 is 0 Å². The third kappa shape index (κ3) is 2.26. The third-order valence-corrected chi connectivity index (χ3v) is 3.61. The number of carbonyl (C=O) groups excluding carboxylic acids is 1. The Hall–Kier alpha value is -2.63. The molecule has 0 unspecified atom stereocenters. The van der Waals surface area contributed by atoms with Crippen LogP contribution in [0.4, 0.5) is 5.69 Å². The van der Waals surface area contributed by atoms with Crippen molar-refractivity contribution in [2.75, 3.05) is 5.32 Å². The number of anilines is 1. The van der Waals surface area contributed by atoms with Gasteiger partial charge < -0.3 is 9.84 Å². The lowest BCUT2D eigenvalue weighted by Crippen LogP contribution is -2.17. The highest BCUT2D eigenvalue weighted by Gasteiger charge is 2.22. The first-order valence-electron chi connectivity index (χ1n) is 7.18. The Bertz CT molecular complexity index is 845. The van der Waals surface area contributed by atoms with Crippen LogP contribution in [0.1, 0.15) is 41.7 Å². The second-order valence-electron chi connectivity index (χ2n) is 5.61. The molecule has 1 N–H and O–H groups in total. The minimum atomic E-state index is -0.218. The maximum atomic E-state index is 12.7. The first kappa shape index (κ1) is 14.3. The van der Waals surface area contributed by atoms with Crippen LogP contribution in [0.2, 0.25) is 0 Å². The van der Waals surface area contributed by atoms with Crippen molar-refractivity contribution in [3.05, 3.63) is 41.4 Å². The van der Waals surface area contributed by atoms with Crippen molar-refractivity contribution in [1.29, 1.82) is 0 Å². The van der Waals surface area contributed by atoms with E-state index in [4.69, 9.17) is 4.52 Å². The maximum Gasteiger partial charge on any atom is 0.274 e. The molecule has 6 nitrogen and oxygen atoms in total. The molecule has 0 aliphatic heterocycles. The number of amides is 1. The number of benzene rings is 1. The Labute approximate surface area is 128 Å². The number of nitrogens with one attached hydrogen (secondary N) is 1. The summed E-state index contributed by atoms with van der Waals surface area (Å²) in [6.07, 6.45) is 0. The van der Waals surface area contributed by atoms with Crippen molar-refractivity contribution in [2.24, 2.45) is 7.05 Å². The Morgan fingerprint density at radius 1 is 1.32 bits per heavy atom. The lowest BCUT2D eigenvalue weighted by Gasteiger charge is -2.08. The van der Waals surface area contributed by atoms with Crippen LogP contribution in [0.15, 0.2) is 28.8 Å². The summed E-state index contributed by atoms with van der Waals surface area (Å²) in [4.78, 5) is 12.7. The Morgan fingerprint density at radius 3 is 2.77 bits per heavy atom. The quantitative estimate of drug-likeness (QED) is 0.805. The van der Waals surface area contributed by atoms with E-state index in [1.807, 2.05) is 45.0 Å². The minimum absolute atomic E-state index is 0.139. The Balaban J connectivity index is 2.01. The summed E-state index contributed by atoms with van der Waals surface area (Å²) in [6, 6.07) is 7.57. The van der Waals surface area contributed by atoms with Gasteiger partial charge in [-0.05, 0) is 13.0 Å². The summed E-state index contributed by atoms with van der Waals surface area (Å²) >= 11 is 0. The number of fused-ring (bicyclic) bond motifs is 1. The molecule has 0 atom stereocenters.